The summed E-state index contributed by atoms with van der Waals surface area (Å²) < 4.78 is 29.0. The van der Waals surface area contributed by atoms with E-state index in [0.717, 1.165) is 15.3 Å². The molecule has 0 spiro atoms. The number of halogens is 3. The molecule has 23 heavy (non-hydrogen) atoms. The van der Waals surface area contributed by atoms with Crippen LogP contribution >= 0.6 is 46.1 Å². The molecule has 0 aliphatic heterocycles. The van der Waals surface area contributed by atoms with Gasteiger partial charge in [0, 0.05) is 22.8 Å². The minimum atomic E-state index is -3.95. The van der Waals surface area contributed by atoms with Crippen molar-refractivity contribution < 1.29 is 8.42 Å². The first kappa shape index (κ1) is 15.3. The molecule has 0 aliphatic carbocycles. The van der Waals surface area contributed by atoms with Crippen LogP contribution in [0.2, 0.25) is 14.5 Å². The monoisotopic (exact) mass is 405 g/mol. The Morgan fingerprint density at radius 1 is 1.13 bits per heavy atom. The molecule has 0 fully saturated rings. The average Bonchev–Trinajstić information content (AvgIpc) is 3.09. The van der Waals surface area contributed by atoms with E-state index in [-0.39, 0.29) is 10.2 Å². The Morgan fingerprint density at radius 3 is 2.70 bits per heavy atom. The van der Waals surface area contributed by atoms with Crippen LogP contribution in [-0.2, 0) is 10.0 Å². The molecule has 5 nitrogen and oxygen atoms in total. The molecule has 0 saturated carbocycles. The topological polar surface area (TPSA) is 56.4 Å². The zero-order chi connectivity index (χ0) is 16.4. The number of fused-ring (bicyclic) bond motifs is 2. The van der Waals surface area contributed by atoms with Crippen LogP contribution < -0.4 is 0 Å². The van der Waals surface area contributed by atoms with E-state index < -0.39 is 10.0 Å². The largest absolute Gasteiger partial charge is 0.287 e. The Hall–Kier alpha value is -1.25. The van der Waals surface area contributed by atoms with Gasteiger partial charge in [-0.15, -0.1) is 0 Å². The Balaban J connectivity index is 2.03. The summed E-state index contributed by atoms with van der Waals surface area (Å²) in [5, 5.41) is 1.02. The first-order chi connectivity index (χ1) is 10.9. The molecule has 10 heteroatoms. The normalized spacial score (nSPS) is 12.5. The van der Waals surface area contributed by atoms with Gasteiger partial charge in [0.25, 0.3) is 10.0 Å². The zero-order valence-electron chi connectivity index (χ0n) is 11.1. The molecule has 1 aromatic carbocycles. The van der Waals surface area contributed by atoms with Gasteiger partial charge in [-0.1, -0.05) is 46.1 Å². The maximum atomic E-state index is 13.0. The molecule has 4 rings (SSSR count). The van der Waals surface area contributed by atoms with E-state index >= 15 is 0 Å². The summed E-state index contributed by atoms with van der Waals surface area (Å²) in [6.45, 7) is 0. The lowest BCUT2D eigenvalue weighted by Gasteiger charge is -2.07. The maximum absolute atomic E-state index is 13.0. The summed E-state index contributed by atoms with van der Waals surface area (Å²) >= 11 is 19.1. The molecule has 0 aliphatic rings. The van der Waals surface area contributed by atoms with Crippen molar-refractivity contribution in [2.45, 2.75) is 5.03 Å². The molecule has 0 unspecified atom stereocenters. The average molecular weight is 407 g/mol. The highest BCUT2D eigenvalue weighted by Crippen LogP contribution is 2.32. The minimum Gasteiger partial charge on any atom is -0.277 e. The van der Waals surface area contributed by atoms with Gasteiger partial charge in [0.2, 0.25) is 5.03 Å². The van der Waals surface area contributed by atoms with Crippen molar-refractivity contribution in [2.75, 3.05) is 0 Å². The van der Waals surface area contributed by atoms with Gasteiger partial charge in [0.05, 0.1) is 5.52 Å². The Bertz CT molecular complexity index is 1170. The lowest BCUT2D eigenvalue weighted by atomic mass is 10.2. The highest BCUT2D eigenvalue weighted by Gasteiger charge is 2.28. The number of aromatic nitrogens is 3. The molecule has 0 bridgehead atoms. The molecular weight excluding hydrogens is 401 g/mol. The summed E-state index contributed by atoms with van der Waals surface area (Å²) in [4.78, 5) is 4.47. The van der Waals surface area contributed by atoms with E-state index in [1.54, 1.807) is 24.3 Å². The lowest BCUT2D eigenvalue weighted by Crippen LogP contribution is -2.14. The molecular formula is C13H6Cl3N3O2S2. The lowest BCUT2D eigenvalue weighted by molar-refractivity contribution is 0.584. The van der Waals surface area contributed by atoms with Crippen LogP contribution in [0.5, 0.6) is 0 Å². The molecule has 118 valence electrons. The smallest absolute Gasteiger partial charge is 0.277 e. The summed E-state index contributed by atoms with van der Waals surface area (Å²) in [7, 11) is -3.95. The fourth-order valence-electron chi connectivity index (χ4n) is 2.39. The van der Waals surface area contributed by atoms with Crippen molar-refractivity contribution in [3.63, 3.8) is 0 Å². The number of nitrogens with zero attached hydrogens (tertiary/aromatic N) is 3. The van der Waals surface area contributed by atoms with Crippen LogP contribution in [0.3, 0.4) is 0 Å². The van der Waals surface area contributed by atoms with Crippen LogP contribution in [0.15, 0.2) is 41.7 Å². The van der Waals surface area contributed by atoms with Crippen LogP contribution in [0.1, 0.15) is 0 Å². The Kier molecular flexibility index (Phi) is 3.40. The second kappa shape index (κ2) is 5.12. The van der Waals surface area contributed by atoms with E-state index in [1.165, 1.54) is 16.8 Å². The molecule has 0 saturated heterocycles. The first-order valence-electron chi connectivity index (χ1n) is 6.23. The van der Waals surface area contributed by atoms with Crippen molar-refractivity contribution in [2.24, 2.45) is 0 Å². The molecule has 3 heterocycles. The molecule has 4 aromatic rings. The highest BCUT2D eigenvalue weighted by atomic mass is 35.5. The van der Waals surface area contributed by atoms with Gasteiger partial charge in [0.1, 0.15) is 4.34 Å². The van der Waals surface area contributed by atoms with Crippen LogP contribution in [0.4, 0.5) is 0 Å². The van der Waals surface area contributed by atoms with E-state index in [9.17, 15) is 8.42 Å². The first-order valence-corrected chi connectivity index (χ1v) is 9.62. The number of hydrogen-bond acceptors (Lipinski definition) is 4. The van der Waals surface area contributed by atoms with Crippen molar-refractivity contribution >= 4 is 72.0 Å². The summed E-state index contributed by atoms with van der Waals surface area (Å²) in [6, 6.07) is 6.64. The summed E-state index contributed by atoms with van der Waals surface area (Å²) in [5.41, 5.74) is 0.502. The fourth-order valence-corrected chi connectivity index (χ4v) is 5.64. The molecule has 0 radical (unpaired) electrons. The van der Waals surface area contributed by atoms with E-state index in [0.29, 0.717) is 25.2 Å². The second-order valence-electron chi connectivity index (χ2n) is 4.72. The quantitative estimate of drug-likeness (QED) is 0.491. The van der Waals surface area contributed by atoms with Gasteiger partial charge in [-0.05, 0) is 24.3 Å². The third-order valence-corrected chi connectivity index (χ3v) is 6.76. The standard InChI is InChI=1S/C13H6Cl3N3O2S2/c14-8-1-2-9-7(5-8)3-4-19(9)23(20,21)12-11(16)17-13-18(12)6-10(15)22-13/h1-6H. The van der Waals surface area contributed by atoms with E-state index in [2.05, 4.69) is 4.98 Å². The Labute approximate surface area is 149 Å². The number of imidazole rings is 1. The van der Waals surface area contributed by atoms with Crippen LogP contribution in [-0.4, -0.2) is 21.8 Å². The van der Waals surface area contributed by atoms with Crippen molar-refractivity contribution in [1.82, 2.24) is 13.4 Å². The third kappa shape index (κ3) is 2.27. The van der Waals surface area contributed by atoms with Crippen molar-refractivity contribution in [3.8, 4) is 0 Å². The van der Waals surface area contributed by atoms with Crippen LogP contribution in [0, 0.1) is 0 Å². The van der Waals surface area contributed by atoms with Gasteiger partial charge < -0.3 is 0 Å². The minimum absolute atomic E-state index is 0.0938. The predicted molar refractivity (Wildman–Crippen MR) is 92.6 cm³/mol. The van der Waals surface area contributed by atoms with Gasteiger partial charge in [-0.3, -0.25) is 4.40 Å². The van der Waals surface area contributed by atoms with Gasteiger partial charge in [0.15, 0.2) is 10.1 Å². The van der Waals surface area contributed by atoms with Gasteiger partial charge in [-0.25, -0.2) is 8.96 Å². The van der Waals surface area contributed by atoms with Crippen molar-refractivity contribution in [1.29, 1.82) is 0 Å². The number of rotatable bonds is 2. The third-order valence-electron chi connectivity index (χ3n) is 3.33. The molecule has 0 N–H and O–H groups in total. The Morgan fingerprint density at radius 2 is 1.91 bits per heavy atom. The summed E-state index contributed by atoms with van der Waals surface area (Å²) in [5.74, 6) is 0. The summed E-state index contributed by atoms with van der Waals surface area (Å²) in [6.07, 6.45) is 2.94. The molecule has 3 aromatic heterocycles. The van der Waals surface area contributed by atoms with Gasteiger partial charge >= 0.3 is 0 Å². The number of thiazole rings is 1. The predicted octanol–water partition coefficient (Wildman–Crippen LogP) is 4.55. The van der Waals surface area contributed by atoms with Crippen LogP contribution in [0.25, 0.3) is 15.9 Å². The van der Waals surface area contributed by atoms with E-state index in [1.807, 2.05) is 0 Å². The van der Waals surface area contributed by atoms with Gasteiger partial charge in [-0.2, -0.15) is 8.42 Å². The highest BCUT2D eigenvalue weighted by molar-refractivity contribution is 7.90. The number of benzene rings is 1. The van der Waals surface area contributed by atoms with E-state index in [4.69, 9.17) is 34.8 Å². The number of hydrogen-bond donors (Lipinski definition) is 0. The second-order valence-corrected chi connectivity index (χ2v) is 8.88. The molecule has 0 amide bonds. The SMILES string of the molecule is O=S(=O)(c1c(Cl)nc2sc(Cl)cn12)n1ccc2cc(Cl)ccc21. The fraction of sp³-hybridized carbons (Fsp3) is 0. The molecule has 0 atom stereocenters. The van der Waals surface area contributed by atoms with Crippen molar-refractivity contribution in [3.05, 3.63) is 51.2 Å². The maximum Gasteiger partial charge on any atom is 0.287 e. The zero-order valence-corrected chi connectivity index (χ0v) is 15.0.